The number of carbonyl (C=O) groups excluding carboxylic acids is 2. The highest BCUT2D eigenvalue weighted by Gasteiger charge is 2.25. The van der Waals surface area contributed by atoms with Gasteiger partial charge in [0.15, 0.2) is 0 Å². The number of nitrogens with zero attached hydrogens (tertiary/aromatic N) is 1. The molecule has 0 aliphatic rings. The smallest absolute Gasteiger partial charge is 0.242 e. The van der Waals surface area contributed by atoms with Gasteiger partial charge in [-0.25, -0.2) is 0 Å². The molecule has 0 aromatic heterocycles. The van der Waals surface area contributed by atoms with Crippen molar-refractivity contribution in [2.24, 2.45) is 0 Å². The molecule has 0 radical (unpaired) electrons. The predicted molar refractivity (Wildman–Crippen MR) is 119 cm³/mol. The lowest BCUT2D eigenvalue weighted by atomic mass is 9.86. The summed E-state index contributed by atoms with van der Waals surface area (Å²) < 4.78 is 0. The molecular formula is C25H34N2O2. The van der Waals surface area contributed by atoms with Crippen LogP contribution in [0.1, 0.15) is 56.4 Å². The van der Waals surface area contributed by atoms with Gasteiger partial charge < -0.3 is 10.2 Å². The Morgan fingerprint density at radius 1 is 1.03 bits per heavy atom. The van der Waals surface area contributed by atoms with Crippen LogP contribution in [0.3, 0.4) is 0 Å². The third kappa shape index (κ3) is 6.18. The average molecular weight is 395 g/mol. The van der Waals surface area contributed by atoms with Crippen LogP contribution in [0.5, 0.6) is 0 Å². The van der Waals surface area contributed by atoms with Crippen molar-refractivity contribution >= 4 is 11.8 Å². The second-order valence-electron chi connectivity index (χ2n) is 8.69. The van der Waals surface area contributed by atoms with Crippen LogP contribution < -0.4 is 5.32 Å². The topological polar surface area (TPSA) is 49.4 Å². The molecule has 0 fully saturated rings. The fraction of sp³-hybridized carbons (Fsp3) is 0.440. The molecule has 0 unspecified atom stereocenters. The first-order valence-corrected chi connectivity index (χ1v) is 10.3. The molecule has 2 rings (SSSR count). The van der Waals surface area contributed by atoms with E-state index in [0.29, 0.717) is 19.4 Å². The van der Waals surface area contributed by atoms with E-state index < -0.39 is 6.04 Å². The zero-order chi connectivity index (χ0) is 21.6. The molecule has 0 heterocycles. The van der Waals surface area contributed by atoms with Crippen molar-refractivity contribution < 1.29 is 9.59 Å². The third-order valence-corrected chi connectivity index (χ3v) is 5.46. The van der Waals surface area contributed by atoms with E-state index >= 15 is 0 Å². The largest absolute Gasteiger partial charge is 0.357 e. The molecule has 1 N–H and O–H groups in total. The van der Waals surface area contributed by atoms with Crippen LogP contribution >= 0.6 is 0 Å². The number of carbonyl (C=O) groups is 2. The lowest BCUT2D eigenvalue weighted by molar-refractivity contribution is -0.140. The summed E-state index contributed by atoms with van der Waals surface area (Å²) in [5, 5.41) is 2.66. The highest BCUT2D eigenvalue weighted by molar-refractivity contribution is 5.87. The predicted octanol–water partition coefficient (Wildman–Crippen LogP) is 4.39. The monoisotopic (exact) mass is 394 g/mol. The highest BCUT2D eigenvalue weighted by atomic mass is 16.2. The summed E-state index contributed by atoms with van der Waals surface area (Å²) in [6, 6.07) is 15.9. The summed E-state index contributed by atoms with van der Waals surface area (Å²) in [6.45, 7) is 10.8. The Kier molecular flexibility index (Phi) is 7.60. The Hall–Kier alpha value is -2.62. The van der Waals surface area contributed by atoms with Crippen molar-refractivity contribution in [2.75, 3.05) is 7.05 Å². The van der Waals surface area contributed by atoms with Gasteiger partial charge in [-0.05, 0) is 47.9 Å². The Morgan fingerprint density at radius 2 is 1.66 bits per heavy atom. The van der Waals surface area contributed by atoms with E-state index in [9.17, 15) is 9.59 Å². The number of amides is 2. The zero-order valence-electron chi connectivity index (χ0n) is 18.6. The van der Waals surface area contributed by atoms with Crippen molar-refractivity contribution in [3.63, 3.8) is 0 Å². The highest BCUT2D eigenvalue weighted by Crippen LogP contribution is 2.23. The van der Waals surface area contributed by atoms with Crippen LogP contribution in [0, 0.1) is 6.92 Å². The molecule has 29 heavy (non-hydrogen) atoms. The molecule has 0 saturated carbocycles. The molecule has 0 spiro atoms. The van der Waals surface area contributed by atoms with Gasteiger partial charge in [-0.2, -0.15) is 0 Å². The number of likely N-dealkylation sites (N-methyl/N-ethyl adjacent to an activating group) is 1. The Balaban J connectivity index is 2.12. The van der Waals surface area contributed by atoms with Crippen molar-refractivity contribution in [3.05, 3.63) is 70.8 Å². The minimum absolute atomic E-state index is 0.00995. The van der Waals surface area contributed by atoms with E-state index in [1.54, 1.807) is 18.9 Å². The van der Waals surface area contributed by atoms with E-state index in [4.69, 9.17) is 0 Å². The number of nitrogens with one attached hydrogen (secondary N) is 1. The lowest BCUT2D eigenvalue weighted by Gasteiger charge is -2.29. The van der Waals surface area contributed by atoms with Crippen molar-refractivity contribution in [1.29, 1.82) is 0 Å². The molecule has 2 aromatic carbocycles. The molecular weight excluding hydrogens is 360 g/mol. The number of rotatable bonds is 7. The maximum absolute atomic E-state index is 13.1. The van der Waals surface area contributed by atoms with E-state index in [1.165, 1.54) is 5.56 Å². The van der Waals surface area contributed by atoms with Crippen LogP contribution in [0.4, 0.5) is 0 Å². The number of benzene rings is 2. The van der Waals surface area contributed by atoms with Crippen molar-refractivity contribution in [2.45, 2.75) is 65.5 Å². The van der Waals surface area contributed by atoms with Gasteiger partial charge in [-0.3, -0.25) is 9.59 Å². The van der Waals surface area contributed by atoms with Crippen LogP contribution in [0.25, 0.3) is 0 Å². The van der Waals surface area contributed by atoms with Gasteiger partial charge in [-0.15, -0.1) is 0 Å². The molecule has 2 aromatic rings. The van der Waals surface area contributed by atoms with Crippen LogP contribution in [0.15, 0.2) is 48.5 Å². The van der Waals surface area contributed by atoms with E-state index in [2.05, 4.69) is 50.4 Å². The van der Waals surface area contributed by atoms with E-state index in [1.807, 2.05) is 31.2 Å². The van der Waals surface area contributed by atoms with E-state index in [-0.39, 0.29) is 17.2 Å². The minimum Gasteiger partial charge on any atom is -0.357 e. The standard InChI is InChI=1S/C25H34N2O2/c1-18-9-7-8-10-21(18)17-27(19(2)24(29)26-6)23(28)16-13-20-11-14-22(15-12-20)25(3,4)5/h7-12,14-15,19H,13,16-17H2,1-6H3,(H,26,29)/t19-/m1/s1. The maximum Gasteiger partial charge on any atom is 0.242 e. The second kappa shape index (κ2) is 9.73. The van der Waals surface area contributed by atoms with Gasteiger partial charge in [0.2, 0.25) is 11.8 Å². The number of aryl methyl sites for hydroxylation is 2. The first-order valence-electron chi connectivity index (χ1n) is 10.3. The third-order valence-electron chi connectivity index (χ3n) is 5.46. The first kappa shape index (κ1) is 22.7. The average Bonchev–Trinajstić information content (AvgIpc) is 2.70. The summed E-state index contributed by atoms with van der Waals surface area (Å²) in [6.07, 6.45) is 1.04. The number of hydrogen-bond donors (Lipinski definition) is 1. The Labute approximate surface area is 175 Å². The minimum atomic E-state index is -0.518. The Morgan fingerprint density at radius 3 is 2.21 bits per heavy atom. The molecule has 2 amide bonds. The quantitative estimate of drug-likeness (QED) is 0.757. The molecule has 0 bridgehead atoms. The molecule has 1 atom stereocenters. The van der Waals surface area contributed by atoms with Gasteiger partial charge >= 0.3 is 0 Å². The van der Waals surface area contributed by atoms with Gasteiger partial charge in [0.05, 0.1) is 0 Å². The molecule has 4 heteroatoms. The zero-order valence-corrected chi connectivity index (χ0v) is 18.6. The first-order chi connectivity index (χ1) is 13.6. The van der Waals surface area contributed by atoms with Crippen LogP contribution in [-0.2, 0) is 28.0 Å². The Bertz CT molecular complexity index is 835. The van der Waals surface area contributed by atoms with Crippen LogP contribution in [0.2, 0.25) is 0 Å². The summed E-state index contributed by atoms with van der Waals surface area (Å²) in [4.78, 5) is 27.0. The number of hydrogen-bond acceptors (Lipinski definition) is 2. The van der Waals surface area contributed by atoms with Gasteiger partial charge in [0.25, 0.3) is 0 Å². The molecule has 0 aliphatic heterocycles. The summed E-state index contributed by atoms with van der Waals surface area (Å²) in [5.41, 5.74) is 4.71. The molecule has 0 saturated heterocycles. The van der Waals surface area contributed by atoms with Gasteiger partial charge in [0.1, 0.15) is 6.04 Å². The van der Waals surface area contributed by atoms with E-state index in [0.717, 1.165) is 16.7 Å². The lowest BCUT2D eigenvalue weighted by Crippen LogP contribution is -2.46. The fourth-order valence-electron chi connectivity index (χ4n) is 3.33. The summed E-state index contributed by atoms with van der Waals surface area (Å²) in [7, 11) is 1.60. The van der Waals surface area contributed by atoms with Crippen LogP contribution in [-0.4, -0.2) is 29.8 Å². The van der Waals surface area contributed by atoms with Gasteiger partial charge in [0, 0.05) is 20.0 Å². The molecule has 0 aliphatic carbocycles. The van der Waals surface area contributed by atoms with Crippen molar-refractivity contribution in [3.8, 4) is 0 Å². The molecule has 156 valence electrons. The summed E-state index contributed by atoms with van der Waals surface area (Å²) >= 11 is 0. The summed E-state index contributed by atoms with van der Waals surface area (Å²) in [5.74, 6) is -0.161. The normalized spacial score (nSPS) is 12.3. The second-order valence-corrected chi connectivity index (χ2v) is 8.69. The van der Waals surface area contributed by atoms with Gasteiger partial charge in [-0.1, -0.05) is 69.3 Å². The molecule has 4 nitrogen and oxygen atoms in total. The fourth-order valence-corrected chi connectivity index (χ4v) is 3.33. The SMILES string of the molecule is CNC(=O)[C@@H](C)N(Cc1ccccc1C)C(=O)CCc1ccc(C(C)(C)C)cc1. The van der Waals surface area contributed by atoms with Crippen molar-refractivity contribution in [1.82, 2.24) is 10.2 Å². The maximum atomic E-state index is 13.1.